The number of halogens is 5. The van der Waals surface area contributed by atoms with Gasteiger partial charge in [0.2, 0.25) is 0 Å². The number of hydrogen-bond acceptors (Lipinski definition) is 4. The molecule has 0 saturated heterocycles. The van der Waals surface area contributed by atoms with Gasteiger partial charge in [-0.05, 0) is 25.1 Å². The number of aromatic nitrogens is 1. The molecule has 25 heavy (non-hydrogen) atoms. The van der Waals surface area contributed by atoms with Crippen molar-refractivity contribution in [3.05, 3.63) is 51.8 Å². The maximum absolute atomic E-state index is 12.4. The van der Waals surface area contributed by atoms with Crippen molar-refractivity contribution in [1.29, 1.82) is 0 Å². The summed E-state index contributed by atoms with van der Waals surface area (Å²) in [6.45, 7) is 1.24. The van der Waals surface area contributed by atoms with Crippen LogP contribution in [0.3, 0.4) is 0 Å². The smallest absolute Gasteiger partial charge is 0.417 e. The number of alkyl halides is 3. The first kappa shape index (κ1) is 19.6. The van der Waals surface area contributed by atoms with E-state index in [9.17, 15) is 18.3 Å². The lowest BCUT2D eigenvalue weighted by Gasteiger charge is -2.11. The summed E-state index contributed by atoms with van der Waals surface area (Å²) < 4.78 is 42.8. The molecule has 0 aliphatic carbocycles. The van der Waals surface area contributed by atoms with E-state index in [0.29, 0.717) is 37.6 Å². The zero-order valence-electron chi connectivity index (χ0n) is 12.9. The van der Waals surface area contributed by atoms with E-state index in [1.54, 1.807) is 0 Å². The summed E-state index contributed by atoms with van der Waals surface area (Å²) in [5, 5.41) is 12.8. The number of benzene rings is 1. The van der Waals surface area contributed by atoms with Gasteiger partial charge in [0.25, 0.3) is 0 Å². The molecule has 1 heterocycles. The second kappa shape index (κ2) is 8.60. The Morgan fingerprint density at radius 2 is 1.84 bits per heavy atom. The molecule has 1 aromatic heterocycles. The van der Waals surface area contributed by atoms with Crippen LogP contribution in [0.25, 0.3) is 0 Å². The number of ether oxygens (including phenoxy) is 1. The van der Waals surface area contributed by atoms with Crippen molar-refractivity contribution < 1.29 is 23.0 Å². The fourth-order valence-corrected chi connectivity index (χ4v) is 2.55. The van der Waals surface area contributed by atoms with Crippen LogP contribution in [-0.4, -0.2) is 23.2 Å². The molecule has 0 fully saturated rings. The highest BCUT2D eigenvalue weighted by Crippen LogP contribution is 2.36. The molecule has 4 nitrogen and oxygen atoms in total. The van der Waals surface area contributed by atoms with Crippen LogP contribution in [0.15, 0.2) is 30.5 Å². The minimum absolute atomic E-state index is 0.0481. The Morgan fingerprint density at radius 3 is 2.40 bits per heavy atom. The molecule has 0 atom stereocenters. The minimum Gasteiger partial charge on any atom is -0.508 e. The van der Waals surface area contributed by atoms with Crippen LogP contribution in [0.4, 0.5) is 13.2 Å². The number of rotatable bonds is 7. The Labute approximate surface area is 152 Å². The van der Waals surface area contributed by atoms with E-state index in [4.69, 9.17) is 27.9 Å². The number of phenolic OH excluding ortho intramolecular Hbond substituents is 1. The standard InChI is InChI=1S/C16H15Cl2F3N2O2/c17-13-6-12(24)7-14(18)15(13)25-5-1-4-22-9-11-3-2-10(8-23-11)16(19,20)21/h2-3,6-8,22,24H,1,4-5,9H2. The van der Waals surface area contributed by atoms with Gasteiger partial charge in [0.05, 0.1) is 27.9 Å². The van der Waals surface area contributed by atoms with Gasteiger partial charge in [-0.2, -0.15) is 13.2 Å². The van der Waals surface area contributed by atoms with E-state index >= 15 is 0 Å². The molecular weight excluding hydrogens is 380 g/mol. The van der Waals surface area contributed by atoms with Crippen LogP contribution in [0.1, 0.15) is 17.7 Å². The Bertz CT molecular complexity index is 687. The highest BCUT2D eigenvalue weighted by atomic mass is 35.5. The largest absolute Gasteiger partial charge is 0.508 e. The third-order valence-electron chi connectivity index (χ3n) is 3.19. The van der Waals surface area contributed by atoms with Gasteiger partial charge in [0.15, 0.2) is 5.75 Å². The van der Waals surface area contributed by atoms with Gasteiger partial charge in [-0.3, -0.25) is 4.98 Å². The van der Waals surface area contributed by atoms with Crippen molar-refractivity contribution >= 4 is 23.2 Å². The topological polar surface area (TPSA) is 54.4 Å². The maximum atomic E-state index is 12.4. The lowest BCUT2D eigenvalue weighted by atomic mass is 10.2. The van der Waals surface area contributed by atoms with Crippen molar-refractivity contribution in [2.75, 3.05) is 13.2 Å². The van der Waals surface area contributed by atoms with E-state index in [-0.39, 0.29) is 15.8 Å². The van der Waals surface area contributed by atoms with Gasteiger partial charge in [0.1, 0.15) is 5.75 Å². The van der Waals surface area contributed by atoms with E-state index in [1.165, 1.54) is 18.2 Å². The fraction of sp³-hybridized carbons (Fsp3) is 0.312. The number of phenols is 1. The predicted octanol–water partition coefficient (Wildman–Crippen LogP) is 4.67. The average Bonchev–Trinajstić information content (AvgIpc) is 2.52. The van der Waals surface area contributed by atoms with Crippen LogP contribution < -0.4 is 10.1 Å². The first-order valence-electron chi connectivity index (χ1n) is 7.31. The molecule has 0 aliphatic heterocycles. The number of hydrogen-bond donors (Lipinski definition) is 2. The molecular formula is C16H15Cl2F3N2O2. The summed E-state index contributed by atoms with van der Waals surface area (Å²) in [5.41, 5.74) is -0.258. The third kappa shape index (κ3) is 5.95. The van der Waals surface area contributed by atoms with Gasteiger partial charge in [-0.1, -0.05) is 23.2 Å². The quantitative estimate of drug-likeness (QED) is 0.669. The molecule has 2 aromatic rings. The first-order chi connectivity index (χ1) is 11.8. The van der Waals surface area contributed by atoms with E-state index in [0.717, 1.165) is 12.3 Å². The second-order valence-electron chi connectivity index (χ2n) is 5.15. The molecule has 0 spiro atoms. The lowest BCUT2D eigenvalue weighted by Crippen LogP contribution is -2.18. The number of nitrogens with zero attached hydrogens (tertiary/aromatic N) is 1. The Balaban J connectivity index is 1.70. The zero-order chi connectivity index (χ0) is 18.4. The fourth-order valence-electron chi connectivity index (χ4n) is 1.97. The molecule has 9 heteroatoms. The summed E-state index contributed by atoms with van der Waals surface area (Å²) in [5.74, 6) is 0.249. The van der Waals surface area contributed by atoms with Gasteiger partial charge in [0, 0.05) is 24.9 Å². The monoisotopic (exact) mass is 394 g/mol. The number of aromatic hydroxyl groups is 1. The van der Waals surface area contributed by atoms with Gasteiger partial charge in [-0.15, -0.1) is 0 Å². The Hall–Kier alpha value is -1.70. The molecule has 0 saturated carbocycles. The van der Waals surface area contributed by atoms with Crippen molar-refractivity contribution in [2.24, 2.45) is 0 Å². The molecule has 2 N–H and O–H groups in total. The van der Waals surface area contributed by atoms with Gasteiger partial charge in [-0.25, -0.2) is 0 Å². The number of nitrogens with one attached hydrogen (secondary N) is 1. The van der Waals surface area contributed by atoms with E-state index < -0.39 is 11.7 Å². The molecule has 1 aromatic carbocycles. The van der Waals surface area contributed by atoms with Crippen molar-refractivity contribution in [1.82, 2.24) is 10.3 Å². The molecule has 136 valence electrons. The average molecular weight is 395 g/mol. The summed E-state index contributed by atoms with van der Waals surface area (Å²) in [7, 11) is 0. The highest BCUT2D eigenvalue weighted by Gasteiger charge is 2.30. The summed E-state index contributed by atoms with van der Waals surface area (Å²) >= 11 is 11.9. The molecule has 0 unspecified atom stereocenters. The maximum Gasteiger partial charge on any atom is 0.417 e. The Morgan fingerprint density at radius 1 is 1.16 bits per heavy atom. The SMILES string of the molecule is Oc1cc(Cl)c(OCCCNCc2ccc(C(F)(F)F)cn2)c(Cl)c1. The normalized spacial score (nSPS) is 11.6. The molecule has 0 radical (unpaired) electrons. The van der Waals surface area contributed by atoms with Crippen LogP contribution in [0.2, 0.25) is 10.0 Å². The van der Waals surface area contributed by atoms with E-state index in [1.807, 2.05) is 0 Å². The lowest BCUT2D eigenvalue weighted by molar-refractivity contribution is -0.137. The van der Waals surface area contributed by atoms with Gasteiger partial charge >= 0.3 is 6.18 Å². The highest BCUT2D eigenvalue weighted by molar-refractivity contribution is 6.37. The first-order valence-corrected chi connectivity index (χ1v) is 8.06. The van der Waals surface area contributed by atoms with Crippen LogP contribution >= 0.6 is 23.2 Å². The zero-order valence-corrected chi connectivity index (χ0v) is 14.4. The third-order valence-corrected chi connectivity index (χ3v) is 3.75. The van der Waals surface area contributed by atoms with Gasteiger partial charge < -0.3 is 15.2 Å². The second-order valence-corrected chi connectivity index (χ2v) is 5.97. The van der Waals surface area contributed by atoms with Crippen molar-refractivity contribution in [3.63, 3.8) is 0 Å². The van der Waals surface area contributed by atoms with Crippen LogP contribution in [0, 0.1) is 0 Å². The molecule has 0 bridgehead atoms. The minimum atomic E-state index is -4.38. The Kier molecular flexibility index (Phi) is 6.75. The van der Waals surface area contributed by atoms with Crippen molar-refractivity contribution in [3.8, 4) is 11.5 Å². The van der Waals surface area contributed by atoms with Crippen molar-refractivity contribution in [2.45, 2.75) is 19.1 Å². The summed E-state index contributed by atoms with van der Waals surface area (Å²) in [6, 6.07) is 5.00. The molecule has 2 rings (SSSR count). The molecule has 0 aliphatic rings. The van der Waals surface area contributed by atoms with E-state index in [2.05, 4.69) is 10.3 Å². The summed E-state index contributed by atoms with van der Waals surface area (Å²) in [6.07, 6.45) is -2.95. The summed E-state index contributed by atoms with van der Waals surface area (Å²) in [4.78, 5) is 3.77. The predicted molar refractivity (Wildman–Crippen MR) is 89.2 cm³/mol. The van der Waals surface area contributed by atoms with Crippen LogP contribution in [-0.2, 0) is 12.7 Å². The number of pyridine rings is 1. The van der Waals surface area contributed by atoms with Crippen LogP contribution in [0.5, 0.6) is 11.5 Å². The molecule has 0 amide bonds.